The van der Waals surface area contributed by atoms with Crippen LogP contribution >= 0.6 is 11.6 Å². The Morgan fingerprint density at radius 2 is 1.91 bits per heavy atom. The lowest BCUT2D eigenvalue weighted by molar-refractivity contribution is 0.643. The van der Waals surface area contributed by atoms with Crippen LogP contribution in [0.5, 0.6) is 0 Å². The van der Waals surface area contributed by atoms with E-state index in [0.29, 0.717) is 11.2 Å². The minimum atomic E-state index is 0.317. The Bertz CT molecular complexity index is 218. The first kappa shape index (κ1) is 8.47. The molecule has 0 aromatic carbocycles. The number of nitrogens with zero attached hydrogens (tertiary/aromatic N) is 2. The smallest absolute Gasteiger partial charge is 0.222 e. The fourth-order valence-electron chi connectivity index (χ4n) is 0.916. The van der Waals surface area contributed by atoms with Crippen molar-refractivity contribution in [1.82, 2.24) is 9.97 Å². The summed E-state index contributed by atoms with van der Waals surface area (Å²) in [6.45, 7) is 4.32. The molecule has 1 rings (SSSR count). The number of hydrogen-bond donors (Lipinski definition) is 0. The summed E-state index contributed by atoms with van der Waals surface area (Å²) in [5.41, 5.74) is 1.14. The van der Waals surface area contributed by atoms with Gasteiger partial charge in [-0.05, 0) is 29.5 Å². The number of aromatic nitrogens is 2. The highest BCUT2D eigenvalue weighted by atomic mass is 35.5. The van der Waals surface area contributed by atoms with Gasteiger partial charge in [-0.25, -0.2) is 9.97 Å². The molecule has 0 radical (unpaired) electrons. The van der Waals surface area contributed by atoms with Gasteiger partial charge < -0.3 is 0 Å². The van der Waals surface area contributed by atoms with Crippen LogP contribution in [0, 0.1) is 5.92 Å². The van der Waals surface area contributed by atoms with Gasteiger partial charge in [0.15, 0.2) is 0 Å². The van der Waals surface area contributed by atoms with E-state index in [1.807, 2.05) is 0 Å². The van der Waals surface area contributed by atoms with Crippen molar-refractivity contribution in [2.75, 3.05) is 0 Å². The molecule has 3 heteroatoms. The van der Waals surface area contributed by atoms with Crippen LogP contribution in [0.15, 0.2) is 12.4 Å². The Labute approximate surface area is 71.6 Å². The van der Waals surface area contributed by atoms with Crippen LogP contribution < -0.4 is 0 Å². The van der Waals surface area contributed by atoms with Gasteiger partial charge in [-0.15, -0.1) is 0 Å². The molecule has 0 fully saturated rings. The third kappa shape index (κ3) is 2.85. The van der Waals surface area contributed by atoms with Crippen molar-refractivity contribution in [3.05, 3.63) is 23.2 Å². The van der Waals surface area contributed by atoms with E-state index in [2.05, 4.69) is 23.8 Å². The Morgan fingerprint density at radius 3 is 2.36 bits per heavy atom. The van der Waals surface area contributed by atoms with E-state index in [1.54, 1.807) is 12.4 Å². The van der Waals surface area contributed by atoms with Gasteiger partial charge in [0.1, 0.15) is 0 Å². The molecular formula is C8H11ClN2. The summed E-state index contributed by atoms with van der Waals surface area (Å²) in [5.74, 6) is 0.639. The van der Waals surface area contributed by atoms with Crippen molar-refractivity contribution < 1.29 is 0 Å². The van der Waals surface area contributed by atoms with Crippen molar-refractivity contribution in [2.45, 2.75) is 20.3 Å². The summed E-state index contributed by atoms with van der Waals surface area (Å²) >= 11 is 5.53. The van der Waals surface area contributed by atoms with E-state index in [0.717, 1.165) is 12.0 Å². The van der Waals surface area contributed by atoms with Gasteiger partial charge in [-0.2, -0.15) is 0 Å². The standard InChI is InChI=1S/C8H11ClN2/c1-6(2)3-7-4-10-8(9)11-5-7/h4-6H,3H2,1-2H3. The Morgan fingerprint density at radius 1 is 1.36 bits per heavy atom. The predicted molar refractivity (Wildman–Crippen MR) is 45.6 cm³/mol. The highest BCUT2D eigenvalue weighted by Gasteiger charge is 1.97. The maximum Gasteiger partial charge on any atom is 0.222 e. The van der Waals surface area contributed by atoms with Gasteiger partial charge in [0.05, 0.1) is 0 Å². The fraction of sp³-hybridized carbons (Fsp3) is 0.500. The summed E-state index contributed by atoms with van der Waals surface area (Å²) in [6, 6.07) is 0. The largest absolute Gasteiger partial charge is 0.226 e. The number of rotatable bonds is 2. The summed E-state index contributed by atoms with van der Waals surface area (Å²) in [7, 11) is 0. The lowest BCUT2D eigenvalue weighted by atomic mass is 10.1. The summed E-state index contributed by atoms with van der Waals surface area (Å²) in [4.78, 5) is 7.77. The molecule has 0 saturated heterocycles. The maximum absolute atomic E-state index is 5.53. The maximum atomic E-state index is 5.53. The molecule has 0 atom stereocenters. The minimum Gasteiger partial charge on any atom is -0.226 e. The van der Waals surface area contributed by atoms with Gasteiger partial charge in [0.25, 0.3) is 0 Å². The summed E-state index contributed by atoms with van der Waals surface area (Å²) in [6.07, 6.45) is 4.56. The zero-order valence-corrected chi connectivity index (χ0v) is 7.47. The molecular weight excluding hydrogens is 160 g/mol. The van der Waals surface area contributed by atoms with Crippen molar-refractivity contribution >= 4 is 11.6 Å². The number of hydrogen-bond acceptors (Lipinski definition) is 2. The topological polar surface area (TPSA) is 25.8 Å². The van der Waals surface area contributed by atoms with Gasteiger partial charge >= 0.3 is 0 Å². The van der Waals surface area contributed by atoms with E-state index in [9.17, 15) is 0 Å². The van der Waals surface area contributed by atoms with Crippen LogP contribution in [-0.2, 0) is 6.42 Å². The quantitative estimate of drug-likeness (QED) is 0.637. The van der Waals surface area contributed by atoms with Gasteiger partial charge in [-0.1, -0.05) is 13.8 Å². The normalized spacial score (nSPS) is 10.5. The second kappa shape index (κ2) is 3.67. The molecule has 0 amide bonds. The average molecular weight is 171 g/mol. The van der Waals surface area contributed by atoms with E-state index >= 15 is 0 Å². The molecule has 2 nitrogen and oxygen atoms in total. The van der Waals surface area contributed by atoms with E-state index < -0.39 is 0 Å². The second-order valence-corrected chi connectivity index (χ2v) is 3.30. The molecule has 0 N–H and O–H groups in total. The molecule has 0 aliphatic carbocycles. The SMILES string of the molecule is CC(C)Cc1cnc(Cl)nc1. The van der Waals surface area contributed by atoms with Gasteiger partial charge in [-0.3, -0.25) is 0 Å². The van der Waals surface area contributed by atoms with Crippen LogP contribution in [0.1, 0.15) is 19.4 Å². The lowest BCUT2D eigenvalue weighted by Gasteiger charge is -2.02. The number of halogens is 1. The predicted octanol–water partition coefficient (Wildman–Crippen LogP) is 2.33. The van der Waals surface area contributed by atoms with Crippen LogP contribution in [0.2, 0.25) is 5.28 Å². The average Bonchev–Trinajstić information content (AvgIpc) is 1.93. The van der Waals surface area contributed by atoms with Crippen molar-refractivity contribution in [1.29, 1.82) is 0 Å². The van der Waals surface area contributed by atoms with Crippen LogP contribution in [0.25, 0.3) is 0 Å². The summed E-state index contributed by atoms with van der Waals surface area (Å²) < 4.78 is 0. The van der Waals surface area contributed by atoms with E-state index in [1.165, 1.54) is 0 Å². The minimum absolute atomic E-state index is 0.317. The molecule has 1 aromatic heterocycles. The van der Waals surface area contributed by atoms with E-state index in [4.69, 9.17) is 11.6 Å². The Balaban J connectivity index is 2.66. The Kier molecular flexibility index (Phi) is 2.83. The molecule has 1 aromatic rings. The molecule has 60 valence electrons. The molecule has 0 bridgehead atoms. The third-order valence-electron chi connectivity index (χ3n) is 1.32. The fourth-order valence-corrected chi connectivity index (χ4v) is 1.01. The van der Waals surface area contributed by atoms with Crippen LogP contribution in [0.4, 0.5) is 0 Å². The Hall–Kier alpha value is -0.630. The molecule has 0 unspecified atom stereocenters. The lowest BCUT2D eigenvalue weighted by Crippen LogP contribution is -1.95. The van der Waals surface area contributed by atoms with Crippen molar-refractivity contribution in [3.8, 4) is 0 Å². The summed E-state index contributed by atoms with van der Waals surface area (Å²) in [5, 5.41) is 0.317. The van der Waals surface area contributed by atoms with Crippen LogP contribution in [0.3, 0.4) is 0 Å². The molecule has 11 heavy (non-hydrogen) atoms. The van der Waals surface area contributed by atoms with Crippen molar-refractivity contribution in [2.24, 2.45) is 5.92 Å². The first-order valence-corrected chi connectivity index (χ1v) is 4.02. The molecule has 0 saturated carbocycles. The molecule has 0 aliphatic heterocycles. The highest BCUT2D eigenvalue weighted by molar-refractivity contribution is 6.28. The van der Waals surface area contributed by atoms with E-state index in [-0.39, 0.29) is 0 Å². The third-order valence-corrected chi connectivity index (χ3v) is 1.51. The first-order chi connectivity index (χ1) is 5.18. The molecule has 0 spiro atoms. The molecule has 0 aliphatic rings. The highest BCUT2D eigenvalue weighted by Crippen LogP contribution is 2.06. The zero-order chi connectivity index (χ0) is 8.27. The zero-order valence-electron chi connectivity index (χ0n) is 6.71. The van der Waals surface area contributed by atoms with Gasteiger partial charge in [0.2, 0.25) is 5.28 Å². The van der Waals surface area contributed by atoms with Crippen molar-refractivity contribution in [3.63, 3.8) is 0 Å². The monoisotopic (exact) mass is 170 g/mol. The first-order valence-electron chi connectivity index (χ1n) is 3.65. The molecule has 1 heterocycles. The van der Waals surface area contributed by atoms with Crippen LogP contribution in [-0.4, -0.2) is 9.97 Å². The van der Waals surface area contributed by atoms with Gasteiger partial charge in [0, 0.05) is 12.4 Å². The second-order valence-electron chi connectivity index (χ2n) is 2.96.